The SMILES string of the molecule is C=C(C)CSc1nc2ccccc2c(=O)n1CCC. The standard InChI is InChI=1S/C15H18N2OS/c1-4-9-17-14(18)12-7-5-6-8-13(12)16-15(17)19-10-11(2)3/h5-8H,2,4,9-10H2,1,3H3. The van der Waals surface area contributed by atoms with E-state index in [9.17, 15) is 4.79 Å². The number of aromatic nitrogens is 2. The average molecular weight is 274 g/mol. The van der Waals surface area contributed by atoms with Crippen LogP contribution in [0.5, 0.6) is 0 Å². The predicted molar refractivity (Wildman–Crippen MR) is 81.8 cm³/mol. The maximum Gasteiger partial charge on any atom is 0.262 e. The minimum Gasteiger partial charge on any atom is -0.287 e. The summed E-state index contributed by atoms with van der Waals surface area (Å²) in [7, 11) is 0. The molecule has 0 aliphatic heterocycles. The van der Waals surface area contributed by atoms with Crippen LogP contribution in [-0.4, -0.2) is 15.3 Å². The van der Waals surface area contributed by atoms with Crippen molar-refractivity contribution in [1.82, 2.24) is 9.55 Å². The van der Waals surface area contributed by atoms with Gasteiger partial charge in [-0.2, -0.15) is 0 Å². The second-order valence-electron chi connectivity index (χ2n) is 4.61. The van der Waals surface area contributed by atoms with Crippen molar-refractivity contribution < 1.29 is 0 Å². The van der Waals surface area contributed by atoms with Crippen molar-refractivity contribution in [3.8, 4) is 0 Å². The molecule has 0 fully saturated rings. The number of hydrogen-bond donors (Lipinski definition) is 0. The molecule has 0 spiro atoms. The van der Waals surface area contributed by atoms with Crippen LogP contribution in [0.25, 0.3) is 10.9 Å². The zero-order valence-corrected chi connectivity index (χ0v) is 12.2. The fourth-order valence-electron chi connectivity index (χ4n) is 1.87. The van der Waals surface area contributed by atoms with Gasteiger partial charge in [0.2, 0.25) is 0 Å². The van der Waals surface area contributed by atoms with Gasteiger partial charge in [-0.05, 0) is 25.5 Å². The first-order valence-electron chi connectivity index (χ1n) is 6.40. The van der Waals surface area contributed by atoms with Crippen LogP contribution in [0.4, 0.5) is 0 Å². The Morgan fingerprint density at radius 2 is 2.16 bits per heavy atom. The quantitative estimate of drug-likeness (QED) is 0.475. The minimum atomic E-state index is 0.0525. The van der Waals surface area contributed by atoms with Gasteiger partial charge in [0.1, 0.15) is 0 Å². The lowest BCUT2D eigenvalue weighted by molar-refractivity contribution is 0.585. The number of thioether (sulfide) groups is 1. The van der Waals surface area contributed by atoms with Gasteiger partial charge in [0, 0.05) is 12.3 Å². The fourth-order valence-corrected chi connectivity index (χ4v) is 2.73. The Balaban J connectivity index is 2.56. The number of para-hydroxylation sites is 1. The molecular weight excluding hydrogens is 256 g/mol. The molecule has 19 heavy (non-hydrogen) atoms. The van der Waals surface area contributed by atoms with Crippen LogP contribution in [0.3, 0.4) is 0 Å². The van der Waals surface area contributed by atoms with Crippen molar-refractivity contribution in [1.29, 1.82) is 0 Å². The first kappa shape index (κ1) is 13.9. The molecule has 0 radical (unpaired) electrons. The van der Waals surface area contributed by atoms with E-state index < -0.39 is 0 Å². The monoisotopic (exact) mass is 274 g/mol. The summed E-state index contributed by atoms with van der Waals surface area (Å²) in [6.07, 6.45) is 0.917. The zero-order valence-electron chi connectivity index (χ0n) is 11.3. The van der Waals surface area contributed by atoms with E-state index in [-0.39, 0.29) is 5.56 Å². The third kappa shape index (κ3) is 3.07. The first-order chi connectivity index (χ1) is 9.13. The van der Waals surface area contributed by atoms with Crippen LogP contribution < -0.4 is 5.56 Å². The largest absolute Gasteiger partial charge is 0.287 e. The Labute approximate surface area is 117 Å². The minimum absolute atomic E-state index is 0.0525. The van der Waals surface area contributed by atoms with E-state index in [4.69, 9.17) is 0 Å². The summed E-state index contributed by atoms with van der Waals surface area (Å²) in [5.74, 6) is 0.786. The fraction of sp³-hybridized carbons (Fsp3) is 0.333. The van der Waals surface area contributed by atoms with E-state index in [0.29, 0.717) is 11.9 Å². The normalized spacial score (nSPS) is 10.8. The molecule has 0 aliphatic carbocycles. The van der Waals surface area contributed by atoms with Gasteiger partial charge in [-0.15, -0.1) is 0 Å². The molecule has 0 atom stereocenters. The number of rotatable bonds is 5. The van der Waals surface area contributed by atoms with E-state index in [1.54, 1.807) is 16.3 Å². The first-order valence-corrected chi connectivity index (χ1v) is 7.38. The Morgan fingerprint density at radius 1 is 1.42 bits per heavy atom. The summed E-state index contributed by atoms with van der Waals surface area (Å²) in [5.41, 5.74) is 1.90. The number of fused-ring (bicyclic) bond motifs is 1. The number of hydrogen-bond acceptors (Lipinski definition) is 3. The van der Waals surface area contributed by atoms with Gasteiger partial charge >= 0.3 is 0 Å². The van der Waals surface area contributed by atoms with E-state index >= 15 is 0 Å². The van der Waals surface area contributed by atoms with Crippen molar-refractivity contribution in [2.24, 2.45) is 0 Å². The van der Waals surface area contributed by atoms with Crippen molar-refractivity contribution in [3.63, 3.8) is 0 Å². The summed E-state index contributed by atoms with van der Waals surface area (Å²) >= 11 is 1.58. The van der Waals surface area contributed by atoms with E-state index in [2.05, 4.69) is 18.5 Å². The summed E-state index contributed by atoms with van der Waals surface area (Å²) in [6.45, 7) is 8.64. The van der Waals surface area contributed by atoms with Crippen molar-refractivity contribution in [3.05, 3.63) is 46.8 Å². The zero-order chi connectivity index (χ0) is 13.8. The molecule has 2 rings (SSSR count). The summed E-state index contributed by atoms with van der Waals surface area (Å²) < 4.78 is 1.77. The predicted octanol–water partition coefficient (Wildman–Crippen LogP) is 3.47. The maximum atomic E-state index is 12.5. The van der Waals surface area contributed by atoms with Gasteiger partial charge in [0.05, 0.1) is 10.9 Å². The molecule has 0 N–H and O–H groups in total. The molecule has 0 saturated carbocycles. The van der Waals surface area contributed by atoms with Crippen LogP contribution in [0.1, 0.15) is 20.3 Å². The van der Waals surface area contributed by atoms with E-state index in [0.717, 1.165) is 28.4 Å². The molecule has 0 aliphatic rings. The Morgan fingerprint density at radius 3 is 2.84 bits per heavy atom. The van der Waals surface area contributed by atoms with Crippen LogP contribution in [-0.2, 0) is 6.54 Å². The van der Waals surface area contributed by atoms with E-state index in [1.807, 2.05) is 31.2 Å². The van der Waals surface area contributed by atoms with Gasteiger partial charge in [-0.25, -0.2) is 4.98 Å². The molecule has 0 unspecified atom stereocenters. The molecule has 0 saturated heterocycles. The van der Waals surface area contributed by atoms with Gasteiger partial charge in [0.25, 0.3) is 5.56 Å². The average Bonchev–Trinajstić information content (AvgIpc) is 2.40. The smallest absolute Gasteiger partial charge is 0.262 e. The van der Waals surface area contributed by atoms with Crippen molar-refractivity contribution >= 4 is 22.7 Å². The van der Waals surface area contributed by atoms with Crippen LogP contribution in [0, 0.1) is 0 Å². The van der Waals surface area contributed by atoms with Gasteiger partial charge < -0.3 is 0 Å². The molecule has 0 bridgehead atoms. The molecule has 1 aromatic heterocycles. The van der Waals surface area contributed by atoms with Crippen LogP contribution in [0.15, 0.2) is 46.4 Å². The summed E-state index contributed by atoms with van der Waals surface area (Å²) in [6, 6.07) is 7.51. The van der Waals surface area contributed by atoms with Crippen LogP contribution >= 0.6 is 11.8 Å². The molecule has 1 heterocycles. The lowest BCUT2D eigenvalue weighted by Gasteiger charge is -2.12. The van der Waals surface area contributed by atoms with Crippen molar-refractivity contribution in [2.75, 3.05) is 5.75 Å². The Bertz CT molecular complexity index is 661. The molecule has 4 heteroatoms. The highest BCUT2D eigenvalue weighted by Gasteiger charge is 2.10. The maximum absolute atomic E-state index is 12.5. The second kappa shape index (κ2) is 6.06. The third-order valence-electron chi connectivity index (χ3n) is 2.72. The molecular formula is C15H18N2OS. The highest BCUT2D eigenvalue weighted by Crippen LogP contribution is 2.19. The third-order valence-corrected chi connectivity index (χ3v) is 3.93. The van der Waals surface area contributed by atoms with Crippen LogP contribution in [0.2, 0.25) is 0 Å². The molecule has 1 aromatic carbocycles. The summed E-state index contributed by atoms with van der Waals surface area (Å²) in [5, 5.41) is 1.48. The molecule has 3 nitrogen and oxygen atoms in total. The lowest BCUT2D eigenvalue weighted by atomic mass is 10.2. The number of nitrogens with zero attached hydrogens (tertiary/aromatic N) is 2. The topological polar surface area (TPSA) is 34.9 Å². The molecule has 100 valence electrons. The summed E-state index contributed by atoms with van der Waals surface area (Å²) in [4.78, 5) is 17.1. The molecule has 0 amide bonds. The van der Waals surface area contributed by atoms with Gasteiger partial charge in [-0.1, -0.05) is 43.0 Å². The molecule has 2 aromatic rings. The van der Waals surface area contributed by atoms with Gasteiger partial charge in [0.15, 0.2) is 5.16 Å². The highest BCUT2D eigenvalue weighted by molar-refractivity contribution is 7.99. The Kier molecular flexibility index (Phi) is 4.43. The highest BCUT2D eigenvalue weighted by atomic mass is 32.2. The lowest BCUT2D eigenvalue weighted by Crippen LogP contribution is -2.23. The van der Waals surface area contributed by atoms with Gasteiger partial charge in [-0.3, -0.25) is 9.36 Å². The second-order valence-corrected chi connectivity index (χ2v) is 5.56. The van der Waals surface area contributed by atoms with Crippen molar-refractivity contribution in [2.45, 2.75) is 32.0 Å². The Hall–Kier alpha value is -1.55. The van der Waals surface area contributed by atoms with E-state index in [1.165, 1.54) is 0 Å². The number of benzene rings is 1.